The van der Waals surface area contributed by atoms with Crippen molar-refractivity contribution in [2.24, 2.45) is 11.5 Å². The van der Waals surface area contributed by atoms with Gasteiger partial charge in [-0.25, -0.2) is 4.98 Å². The number of aliphatic hydroxyl groups excluding tert-OH is 1. The third-order valence-corrected chi connectivity index (χ3v) is 6.78. The number of halogens is 3. The number of para-hydroxylation sites is 2. The minimum Gasteiger partial charge on any atom is -0.493 e. The summed E-state index contributed by atoms with van der Waals surface area (Å²) >= 11 is 0. The van der Waals surface area contributed by atoms with Crippen molar-refractivity contribution >= 4 is 17.0 Å². The van der Waals surface area contributed by atoms with Crippen molar-refractivity contribution < 1.29 is 32.1 Å². The molecule has 2 aromatic carbocycles. The Bertz CT molecular complexity index is 1560. The second-order valence-electron chi connectivity index (χ2n) is 9.45. The topological polar surface area (TPSA) is 141 Å². The van der Waals surface area contributed by atoms with Gasteiger partial charge in [-0.1, -0.05) is 23.4 Å². The first-order chi connectivity index (χ1) is 19.2. The van der Waals surface area contributed by atoms with Gasteiger partial charge in [-0.2, -0.15) is 18.2 Å². The van der Waals surface area contributed by atoms with Crippen molar-refractivity contribution in [2.75, 3.05) is 13.2 Å². The number of benzene rings is 2. The molecule has 0 aliphatic carbocycles. The summed E-state index contributed by atoms with van der Waals surface area (Å²) in [6.45, 7) is 4.80. The maximum Gasteiger partial charge on any atom is 0.419 e. The first-order valence-electron chi connectivity index (χ1n) is 12.7. The summed E-state index contributed by atoms with van der Waals surface area (Å²) in [5, 5.41) is 14.1. The summed E-state index contributed by atoms with van der Waals surface area (Å²) in [6, 6.07) is 10.5. The number of aliphatic hydroxyl groups is 1. The van der Waals surface area contributed by atoms with Crippen LogP contribution >= 0.6 is 0 Å². The zero-order valence-electron chi connectivity index (χ0n) is 21.5. The second-order valence-corrected chi connectivity index (χ2v) is 9.45. The number of nitrogens with two attached hydrogens (primary N) is 2. The normalized spacial score (nSPS) is 17.4. The molecule has 40 heavy (non-hydrogen) atoms. The summed E-state index contributed by atoms with van der Waals surface area (Å²) in [5.41, 5.74) is 12.3. The first kappa shape index (κ1) is 27.2. The Balaban J connectivity index is 1.31. The Hall–Kier alpha value is -4.39. The highest BCUT2D eigenvalue weighted by atomic mass is 19.4. The number of imidazole rings is 1. The molecule has 0 amide bonds. The molecule has 10 nitrogen and oxygen atoms in total. The largest absolute Gasteiger partial charge is 0.493 e. The summed E-state index contributed by atoms with van der Waals surface area (Å²) in [4.78, 5) is 8.87. The van der Waals surface area contributed by atoms with Gasteiger partial charge in [0.25, 0.3) is 5.89 Å². The quantitative estimate of drug-likeness (QED) is 0.123. The second kappa shape index (κ2) is 11.0. The van der Waals surface area contributed by atoms with Gasteiger partial charge in [-0.3, -0.25) is 16.0 Å². The SMILES string of the molecule is C=CCn1c(CCCOc2ccc(-c3noc([C@@H]4[C@@H](O)CC[N+]4=C(N)N)n3)cc2C(F)(F)F)nc2ccccc21. The van der Waals surface area contributed by atoms with E-state index in [9.17, 15) is 18.3 Å². The van der Waals surface area contributed by atoms with Crippen LogP contribution in [-0.2, 0) is 19.1 Å². The Labute approximate surface area is 227 Å². The van der Waals surface area contributed by atoms with Gasteiger partial charge in [-0.05, 0) is 36.8 Å². The van der Waals surface area contributed by atoms with Gasteiger partial charge in [-0.15, -0.1) is 6.58 Å². The van der Waals surface area contributed by atoms with Crippen molar-refractivity contribution in [3.63, 3.8) is 0 Å². The van der Waals surface area contributed by atoms with Crippen LogP contribution in [0, 0.1) is 0 Å². The van der Waals surface area contributed by atoms with E-state index in [-0.39, 0.29) is 35.6 Å². The molecule has 2 atom stereocenters. The van der Waals surface area contributed by atoms with E-state index in [4.69, 9.17) is 20.7 Å². The minimum atomic E-state index is -4.68. The molecule has 0 spiro atoms. The standard InChI is InChI=1S/C27H28F3N7O3/c1-2-12-36-19-7-4-3-6-18(19)33-22(36)8-5-14-39-21-10-9-16(15-17(21)27(28,29)30)24-34-25(40-35-24)23-20(38)11-13-37(23)26(31)32/h2-4,6-7,9-10,15,20,23,38H,1,5,8,11-14H2,(H3,31,32)/p+1/t20-,23-/m0/s1. The smallest absolute Gasteiger partial charge is 0.419 e. The lowest BCUT2D eigenvalue weighted by atomic mass is 10.1. The van der Waals surface area contributed by atoms with Crippen molar-refractivity contribution in [3.05, 3.63) is 72.4 Å². The molecule has 1 fully saturated rings. The molecule has 0 unspecified atom stereocenters. The summed E-state index contributed by atoms with van der Waals surface area (Å²) < 4.78 is 56.3. The Morgan fingerprint density at radius 2 is 2.02 bits per heavy atom. The van der Waals surface area contributed by atoms with E-state index in [1.807, 2.05) is 28.8 Å². The number of guanidine groups is 1. The first-order valence-corrected chi connectivity index (χ1v) is 12.7. The molecule has 5 rings (SSSR count). The number of nitrogens with zero attached hydrogens (tertiary/aromatic N) is 5. The minimum absolute atomic E-state index is 0.00441. The fourth-order valence-electron chi connectivity index (χ4n) is 4.91. The number of hydrogen-bond acceptors (Lipinski definition) is 6. The van der Waals surface area contributed by atoms with Crippen LogP contribution in [0.1, 0.15) is 36.2 Å². The summed E-state index contributed by atoms with van der Waals surface area (Å²) in [7, 11) is 0. The Kier molecular flexibility index (Phi) is 7.48. The number of aromatic nitrogens is 4. The number of hydrogen-bond donors (Lipinski definition) is 3. The molecule has 13 heteroatoms. The van der Waals surface area contributed by atoms with Crippen LogP contribution in [0.15, 0.2) is 59.6 Å². The van der Waals surface area contributed by atoms with E-state index in [1.165, 1.54) is 16.7 Å². The zero-order valence-corrected chi connectivity index (χ0v) is 21.5. The molecule has 5 N–H and O–H groups in total. The lowest BCUT2D eigenvalue weighted by Gasteiger charge is -2.15. The van der Waals surface area contributed by atoms with Gasteiger partial charge in [0.15, 0.2) is 6.04 Å². The summed E-state index contributed by atoms with van der Waals surface area (Å²) in [5.74, 6) is 0.416. The highest BCUT2D eigenvalue weighted by Gasteiger charge is 2.40. The van der Waals surface area contributed by atoms with E-state index in [2.05, 4.69) is 21.7 Å². The number of rotatable bonds is 9. The third kappa shape index (κ3) is 5.37. The molecule has 4 aromatic rings. The van der Waals surface area contributed by atoms with Crippen LogP contribution < -0.4 is 16.2 Å². The number of allylic oxidation sites excluding steroid dienone is 1. The van der Waals surface area contributed by atoms with Crippen molar-refractivity contribution in [1.82, 2.24) is 19.7 Å². The third-order valence-electron chi connectivity index (χ3n) is 6.78. The maximum absolute atomic E-state index is 14.0. The van der Waals surface area contributed by atoms with E-state index >= 15 is 0 Å². The molecule has 0 radical (unpaired) electrons. The molecule has 0 saturated carbocycles. The van der Waals surface area contributed by atoms with Gasteiger partial charge in [0.2, 0.25) is 5.82 Å². The molecule has 3 heterocycles. The van der Waals surface area contributed by atoms with Crippen molar-refractivity contribution in [2.45, 2.75) is 44.1 Å². The number of aryl methyl sites for hydroxylation is 1. The molecular weight excluding hydrogens is 527 g/mol. The fraction of sp³-hybridized carbons (Fsp3) is 0.333. The predicted octanol–water partition coefficient (Wildman–Crippen LogP) is 3.39. The van der Waals surface area contributed by atoms with E-state index in [0.29, 0.717) is 32.4 Å². The molecule has 1 aliphatic rings. The number of fused-ring (bicyclic) bond motifs is 1. The fourth-order valence-corrected chi connectivity index (χ4v) is 4.91. The monoisotopic (exact) mass is 556 g/mol. The summed E-state index contributed by atoms with van der Waals surface area (Å²) in [6.07, 6.45) is -2.44. The molecule has 2 aromatic heterocycles. The van der Waals surface area contributed by atoms with E-state index in [1.54, 1.807) is 6.08 Å². The van der Waals surface area contributed by atoms with Gasteiger partial charge in [0.1, 0.15) is 11.6 Å². The zero-order chi connectivity index (χ0) is 28.4. The molecular formula is C27H29F3N7O3+. The molecule has 1 saturated heterocycles. The number of alkyl halides is 3. The predicted molar refractivity (Wildman–Crippen MR) is 140 cm³/mol. The van der Waals surface area contributed by atoms with Crippen LogP contribution in [-0.4, -0.2) is 54.6 Å². The van der Waals surface area contributed by atoms with Crippen LogP contribution in [0.3, 0.4) is 0 Å². The van der Waals surface area contributed by atoms with Gasteiger partial charge >= 0.3 is 12.1 Å². The highest BCUT2D eigenvalue weighted by molar-refractivity contribution is 5.76. The maximum atomic E-state index is 14.0. The van der Waals surface area contributed by atoms with Gasteiger partial charge < -0.3 is 18.9 Å². The van der Waals surface area contributed by atoms with E-state index in [0.717, 1.165) is 22.9 Å². The van der Waals surface area contributed by atoms with Crippen LogP contribution in [0.4, 0.5) is 13.2 Å². The Morgan fingerprint density at radius 1 is 1.23 bits per heavy atom. The highest BCUT2D eigenvalue weighted by Crippen LogP contribution is 2.39. The molecule has 0 bridgehead atoms. The van der Waals surface area contributed by atoms with Crippen LogP contribution in [0.25, 0.3) is 22.4 Å². The van der Waals surface area contributed by atoms with Crippen molar-refractivity contribution in [3.8, 4) is 17.1 Å². The lowest BCUT2D eigenvalue weighted by Crippen LogP contribution is -2.37. The molecule has 1 aliphatic heterocycles. The van der Waals surface area contributed by atoms with Crippen LogP contribution in [0.2, 0.25) is 0 Å². The van der Waals surface area contributed by atoms with Crippen LogP contribution in [0.5, 0.6) is 5.75 Å². The Morgan fingerprint density at radius 3 is 2.77 bits per heavy atom. The average Bonchev–Trinajstić information content (AvgIpc) is 3.64. The van der Waals surface area contributed by atoms with Gasteiger partial charge in [0.05, 0.1) is 35.9 Å². The van der Waals surface area contributed by atoms with Crippen molar-refractivity contribution in [1.29, 1.82) is 0 Å². The van der Waals surface area contributed by atoms with Gasteiger partial charge in [0, 0.05) is 24.9 Å². The molecule has 210 valence electrons. The lowest BCUT2D eigenvalue weighted by molar-refractivity contribution is -0.560. The average molecular weight is 557 g/mol. The number of ether oxygens (including phenoxy) is 1. The van der Waals surface area contributed by atoms with E-state index < -0.39 is 23.9 Å².